The number of rotatable bonds is 7. The van der Waals surface area contributed by atoms with Crippen LogP contribution in [-0.4, -0.2) is 40.9 Å². The Balaban J connectivity index is 1.39. The summed E-state index contributed by atoms with van der Waals surface area (Å²) in [6.45, 7) is 7.31. The molecule has 0 unspecified atom stereocenters. The van der Waals surface area contributed by atoms with Crippen LogP contribution in [0.15, 0.2) is 48.5 Å². The van der Waals surface area contributed by atoms with E-state index in [1.807, 2.05) is 41.1 Å². The second-order valence-corrected chi connectivity index (χ2v) is 8.27. The molecule has 1 aromatic heterocycles. The van der Waals surface area contributed by atoms with Gasteiger partial charge in [0, 0.05) is 11.6 Å². The van der Waals surface area contributed by atoms with Gasteiger partial charge in [-0.05, 0) is 68.1 Å². The number of nitrogens with zero attached hydrogens (tertiary/aromatic N) is 3. The van der Waals surface area contributed by atoms with Gasteiger partial charge in [-0.1, -0.05) is 42.8 Å². The second kappa shape index (κ2) is 8.97. The van der Waals surface area contributed by atoms with Crippen molar-refractivity contribution >= 4 is 22.5 Å². The van der Waals surface area contributed by atoms with Crippen LogP contribution >= 0.6 is 11.6 Å². The van der Waals surface area contributed by atoms with Crippen molar-refractivity contribution in [3.63, 3.8) is 0 Å². The van der Waals surface area contributed by atoms with Crippen molar-refractivity contribution in [1.82, 2.24) is 14.7 Å². The van der Waals surface area contributed by atoms with E-state index in [1.165, 1.54) is 31.5 Å². The topological polar surface area (TPSA) is 30.3 Å². The SMILES string of the molecule is CC1CCN(CCCOc2nn(Cc3ccc(Cl)cc3)c3ccccc23)CC1. The molecule has 2 heterocycles. The van der Waals surface area contributed by atoms with E-state index in [1.54, 1.807) is 0 Å². The summed E-state index contributed by atoms with van der Waals surface area (Å²) in [5, 5.41) is 6.57. The molecule has 0 bridgehead atoms. The largest absolute Gasteiger partial charge is 0.476 e. The molecule has 3 aromatic rings. The maximum absolute atomic E-state index is 6.09. The average molecular weight is 398 g/mol. The zero-order chi connectivity index (χ0) is 19.3. The Morgan fingerprint density at radius 3 is 2.61 bits per heavy atom. The maximum Gasteiger partial charge on any atom is 0.240 e. The van der Waals surface area contributed by atoms with Crippen molar-refractivity contribution in [3.8, 4) is 5.88 Å². The number of hydrogen-bond donors (Lipinski definition) is 0. The van der Waals surface area contributed by atoms with Gasteiger partial charge in [0.05, 0.1) is 24.1 Å². The average Bonchev–Trinajstić information content (AvgIpc) is 3.06. The number of ether oxygens (including phenoxy) is 1. The van der Waals surface area contributed by atoms with Crippen LogP contribution in [0.3, 0.4) is 0 Å². The molecule has 0 saturated carbocycles. The number of benzene rings is 2. The van der Waals surface area contributed by atoms with Gasteiger partial charge >= 0.3 is 0 Å². The molecule has 1 aliphatic heterocycles. The van der Waals surface area contributed by atoms with E-state index in [9.17, 15) is 0 Å². The number of aromatic nitrogens is 2. The molecule has 0 aliphatic carbocycles. The smallest absolute Gasteiger partial charge is 0.240 e. The first-order valence-corrected chi connectivity index (χ1v) is 10.6. The Labute approximate surface area is 172 Å². The summed E-state index contributed by atoms with van der Waals surface area (Å²) in [7, 11) is 0. The number of fused-ring (bicyclic) bond motifs is 1. The molecule has 0 amide bonds. The molecule has 0 atom stereocenters. The lowest BCUT2D eigenvalue weighted by Crippen LogP contribution is -2.34. The molecule has 1 fully saturated rings. The first-order valence-electron chi connectivity index (χ1n) is 10.2. The van der Waals surface area contributed by atoms with Crippen LogP contribution in [0, 0.1) is 5.92 Å². The molecule has 148 valence electrons. The highest BCUT2D eigenvalue weighted by Crippen LogP contribution is 2.26. The van der Waals surface area contributed by atoms with Crippen molar-refractivity contribution in [3.05, 3.63) is 59.1 Å². The van der Waals surface area contributed by atoms with Crippen molar-refractivity contribution in [1.29, 1.82) is 0 Å². The highest BCUT2D eigenvalue weighted by molar-refractivity contribution is 6.30. The number of piperidine rings is 1. The molecular formula is C23H28ClN3O. The van der Waals surface area contributed by atoms with Gasteiger partial charge in [-0.2, -0.15) is 0 Å². The normalized spacial score (nSPS) is 15.9. The van der Waals surface area contributed by atoms with E-state index < -0.39 is 0 Å². The number of para-hydroxylation sites is 1. The monoisotopic (exact) mass is 397 g/mol. The Morgan fingerprint density at radius 1 is 1.07 bits per heavy atom. The van der Waals surface area contributed by atoms with Crippen LogP contribution in [0.2, 0.25) is 5.02 Å². The summed E-state index contributed by atoms with van der Waals surface area (Å²) >= 11 is 6.00. The molecule has 5 heteroatoms. The highest BCUT2D eigenvalue weighted by Gasteiger charge is 2.15. The lowest BCUT2D eigenvalue weighted by atomic mass is 9.99. The zero-order valence-electron chi connectivity index (χ0n) is 16.5. The first-order chi connectivity index (χ1) is 13.7. The Bertz CT molecular complexity index is 898. The Hall–Kier alpha value is -2.04. The molecule has 4 nitrogen and oxygen atoms in total. The summed E-state index contributed by atoms with van der Waals surface area (Å²) < 4.78 is 8.10. The van der Waals surface area contributed by atoms with Crippen LogP contribution in [0.25, 0.3) is 10.9 Å². The summed E-state index contributed by atoms with van der Waals surface area (Å²) in [4.78, 5) is 2.56. The predicted octanol–water partition coefficient (Wildman–Crippen LogP) is 5.24. The first kappa shape index (κ1) is 19.3. The summed E-state index contributed by atoms with van der Waals surface area (Å²) in [6.07, 6.45) is 3.67. The summed E-state index contributed by atoms with van der Waals surface area (Å²) in [5.41, 5.74) is 2.26. The van der Waals surface area contributed by atoms with Crippen molar-refractivity contribution in [2.75, 3.05) is 26.2 Å². The molecule has 0 N–H and O–H groups in total. The lowest BCUT2D eigenvalue weighted by molar-refractivity contribution is 0.176. The fraction of sp³-hybridized carbons (Fsp3) is 0.435. The van der Waals surface area contributed by atoms with Gasteiger partial charge in [0.15, 0.2) is 0 Å². The zero-order valence-corrected chi connectivity index (χ0v) is 17.2. The molecule has 1 aliphatic rings. The van der Waals surface area contributed by atoms with Crippen molar-refractivity contribution < 1.29 is 4.74 Å². The van der Waals surface area contributed by atoms with Crippen LogP contribution in [0.4, 0.5) is 0 Å². The lowest BCUT2D eigenvalue weighted by Gasteiger charge is -2.29. The van der Waals surface area contributed by atoms with Crippen LogP contribution in [0.5, 0.6) is 5.88 Å². The van der Waals surface area contributed by atoms with Gasteiger partial charge in [-0.15, -0.1) is 5.10 Å². The minimum Gasteiger partial charge on any atom is -0.476 e. The predicted molar refractivity (Wildman–Crippen MR) is 115 cm³/mol. The number of likely N-dealkylation sites (tertiary alicyclic amines) is 1. The van der Waals surface area contributed by atoms with Crippen molar-refractivity contribution in [2.45, 2.75) is 32.7 Å². The third kappa shape index (κ3) is 4.68. The van der Waals surface area contributed by atoms with Crippen LogP contribution < -0.4 is 4.74 Å². The molecule has 2 aromatic carbocycles. The summed E-state index contributed by atoms with van der Waals surface area (Å²) in [5.74, 6) is 1.61. The number of hydrogen-bond acceptors (Lipinski definition) is 3. The minimum atomic E-state index is 0.701. The maximum atomic E-state index is 6.09. The van der Waals surface area contributed by atoms with E-state index in [0.29, 0.717) is 13.2 Å². The summed E-state index contributed by atoms with van der Waals surface area (Å²) in [6, 6.07) is 16.2. The Kier molecular flexibility index (Phi) is 6.18. The highest BCUT2D eigenvalue weighted by atomic mass is 35.5. The van der Waals surface area contributed by atoms with Gasteiger partial charge in [0.25, 0.3) is 0 Å². The molecule has 1 saturated heterocycles. The Morgan fingerprint density at radius 2 is 1.82 bits per heavy atom. The van der Waals surface area contributed by atoms with E-state index >= 15 is 0 Å². The van der Waals surface area contributed by atoms with Crippen LogP contribution in [-0.2, 0) is 6.54 Å². The second-order valence-electron chi connectivity index (χ2n) is 7.83. The van der Waals surface area contributed by atoms with Crippen molar-refractivity contribution in [2.24, 2.45) is 5.92 Å². The van der Waals surface area contributed by atoms with Crippen LogP contribution in [0.1, 0.15) is 31.7 Å². The number of halogens is 1. The fourth-order valence-corrected chi connectivity index (χ4v) is 3.96. The molecule has 28 heavy (non-hydrogen) atoms. The third-order valence-electron chi connectivity index (χ3n) is 5.60. The van der Waals surface area contributed by atoms with E-state index in [-0.39, 0.29) is 0 Å². The standard InChI is InChI=1S/C23H28ClN3O/c1-18-11-14-26(15-12-18)13-4-16-28-23-21-5-2-3-6-22(21)27(25-23)17-19-7-9-20(24)10-8-19/h2-3,5-10,18H,4,11-17H2,1H3. The molecule has 0 spiro atoms. The third-order valence-corrected chi connectivity index (χ3v) is 5.86. The van der Waals surface area contributed by atoms with E-state index in [0.717, 1.165) is 40.7 Å². The quantitative estimate of drug-likeness (QED) is 0.511. The molecule has 0 radical (unpaired) electrons. The van der Waals surface area contributed by atoms with Gasteiger partial charge in [-0.3, -0.25) is 4.68 Å². The molecule has 4 rings (SSSR count). The van der Waals surface area contributed by atoms with E-state index in [2.05, 4.69) is 24.0 Å². The molecular weight excluding hydrogens is 370 g/mol. The minimum absolute atomic E-state index is 0.701. The fourth-order valence-electron chi connectivity index (χ4n) is 3.83. The van der Waals surface area contributed by atoms with Gasteiger partial charge < -0.3 is 9.64 Å². The van der Waals surface area contributed by atoms with Gasteiger partial charge in [-0.25, -0.2) is 0 Å². The van der Waals surface area contributed by atoms with E-state index in [4.69, 9.17) is 21.4 Å². The van der Waals surface area contributed by atoms with Gasteiger partial charge in [0.1, 0.15) is 0 Å². The van der Waals surface area contributed by atoms with Gasteiger partial charge in [0.2, 0.25) is 5.88 Å².